The number of hydrogen-bond donors (Lipinski definition) is 0. The molecule has 25 heavy (non-hydrogen) atoms. The van der Waals surface area contributed by atoms with Crippen molar-refractivity contribution in [2.75, 3.05) is 11.5 Å². The second-order valence-electron chi connectivity index (χ2n) is 6.96. The fourth-order valence-electron chi connectivity index (χ4n) is 3.72. The minimum Gasteiger partial charge on any atom is -0.120 e. The molecule has 0 spiro atoms. The van der Waals surface area contributed by atoms with Gasteiger partial charge in [0.05, 0.1) is 8.42 Å². The van der Waals surface area contributed by atoms with Gasteiger partial charge in [0.2, 0.25) is 0 Å². The highest BCUT2D eigenvalue weighted by molar-refractivity contribution is 8.07. The Hall–Kier alpha value is 1.10. The molecule has 0 N–H and O–H groups in total. The number of hydrogen-bond acceptors (Lipinski definition) is 5. The van der Waals surface area contributed by atoms with Gasteiger partial charge in [0.25, 0.3) is 0 Å². The zero-order valence-electron chi connectivity index (χ0n) is 15.7. The first-order valence-corrected chi connectivity index (χ1v) is 14.6. The van der Waals surface area contributed by atoms with E-state index in [2.05, 4.69) is 72.2 Å². The fraction of sp³-hybridized carbons (Fsp3) is 0.800. The van der Waals surface area contributed by atoms with Gasteiger partial charge in [-0.1, -0.05) is 52.4 Å². The summed E-state index contributed by atoms with van der Waals surface area (Å²) in [4.78, 5) is 3.35. The maximum Gasteiger partial charge on any atom is 0.0758 e. The summed E-state index contributed by atoms with van der Waals surface area (Å²) in [6.07, 6.45) is 14.4. The third-order valence-corrected chi connectivity index (χ3v) is 12.0. The zero-order valence-corrected chi connectivity index (χ0v) is 19.8. The van der Waals surface area contributed by atoms with Crippen molar-refractivity contribution in [3.63, 3.8) is 0 Å². The van der Waals surface area contributed by atoms with E-state index >= 15 is 0 Å². The van der Waals surface area contributed by atoms with Crippen LogP contribution < -0.4 is 0 Å². The molecule has 0 aromatic carbocycles. The molecular formula is C20H32S5. The Morgan fingerprint density at radius 1 is 0.680 bits per heavy atom. The van der Waals surface area contributed by atoms with Crippen LogP contribution in [0.4, 0.5) is 0 Å². The standard InChI is InChI=1S/C20H32S5/c1-3-21-19-17(23-15-11-7-5-8-12-15)18(20(25-19)22-4-2)24-16-13-9-6-10-14-16/h15-16H,3-14H2,1-2H3. The molecule has 1 heterocycles. The molecule has 2 aliphatic rings. The summed E-state index contributed by atoms with van der Waals surface area (Å²) >= 11 is 10.8. The maximum absolute atomic E-state index is 2.31. The SMILES string of the molecule is CCSc1sc(SCC)c(SC2CCCCC2)c1SC1CCCCC1. The average Bonchev–Trinajstić information content (AvgIpc) is 2.94. The van der Waals surface area contributed by atoms with Crippen LogP contribution >= 0.6 is 58.4 Å². The first kappa shape index (κ1) is 20.8. The van der Waals surface area contributed by atoms with E-state index in [0.717, 1.165) is 10.5 Å². The molecule has 142 valence electrons. The van der Waals surface area contributed by atoms with Gasteiger partial charge in [0.15, 0.2) is 0 Å². The Balaban J connectivity index is 1.83. The highest BCUT2D eigenvalue weighted by Crippen LogP contribution is 2.54. The summed E-state index contributed by atoms with van der Waals surface area (Å²) in [6, 6.07) is 0. The Labute approximate surface area is 175 Å². The number of thioether (sulfide) groups is 4. The Morgan fingerprint density at radius 3 is 1.44 bits per heavy atom. The molecule has 1 aromatic heterocycles. The minimum absolute atomic E-state index is 0.865. The van der Waals surface area contributed by atoms with Gasteiger partial charge in [-0.3, -0.25) is 0 Å². The minimum atomic E-state index is 0.865. The van der Waals surface area contributed by atoms with E-state index in [1.807, 2.05) is 0 Å². The molecule has 0 radical (unpaired) electrons. The van der Waals surface area contributed by atoms with Gasteiger partial charge in [-0.05, 0) is 37.2 Å². The van der Waals surface area contributed by atoms with Crippen LogP contribution in [-0.2, 0) is 0 Å². The van der Waals surface area contributed by atoms with E-state index in [1.165, 1.54) is 75.7 Å². The zero-order chi connectivity index (χ0) is 17.5. The van der Waals surface area contributed by atoms with Crippen molar-refractivity contribution in [3.05, 3.63) is 0 Å². The molecule has 1 aromatic rings. The topological polar surface area (TPSA) is 0 Å². The highest BCUT2D eigenvalue weighted by Gasteiger charge is 2.26. The van der Waals surface area contributed by atoms with Gasteiger partial charge in [0.1, 0.15) is 0 Å². The largest absolute Gasteiger partial charge is 0.120 e. The Bertz CT molecular complexity index is 468. The van der Waals surface area contributed by atoms with E-state index in [0.29, 0.717) is 0 Å². The summed E-state index contributed by atoms with van der Waals surface area (Å²) in [5, 5.41) is 1.73. The number of rotatable bonds is 8. The van der Waals surface area contributed by atoms with E-state index in [1.54, 1.807) is 18.2 Å². The van der Waals surface area contributed by atoms with Crippen molar-refractivity contribution in [2.45, 2.75) is 107 Å². The van der Waals surface area contributed by atoms with Crippen LogP contribution in [0, 0.1) is 0 Å². The summed E-state index contributed by atoms with van der Waals surface area (Å²) in [6.45, 7) is 4.61. The Morgan fingerprint density at radius 2 is 1.08 bits per heavy atom. The van der Waals surface area contributed by atoms with Gasteiger partial charge in [-0.15, -0.1) is 58.4 Å². The lowest BCUT2D eigenvalue weighted by atomic mass is 10.0. The molecular weight excluding hydrogens is 401 g/mol. The van der Waals surface area contributed by atoms with Crippen LogP contribution in [0.5, 0.6) is 0 Å². The molecule has 2 aliphatic carbocycles. The van der Waals surface area contributed by atoms with Gasteiger partial charge >= 0.3 is 0 Å². The third kappa shape index (κ3) is 6.04. The molecule has 0 saturated heterocycles. The summed E-state index contributed by atoms with van der Waals surface area (Å²) < 4.78 is 3.24. The van der Waals surface area contributed by atoms with Crippen molar-refractivity contribution < 1.29 is 0 Å². The first-order valence-electron chi connectivity index (χ1n) is 10.1. The molecule has 2 saturated carbocycles. The van der Waals surface area contributed by atoms with Crippen LogP contribution in [-0.4, -0.2) is 22.0 Å². The van der Waals surface area contributed by atoms with E-state index < -0.39 is 0 Å². The lowest BCUT2D eigenvalue weighted by Gasteiger charge is -2.24. The van der Waals surface area contributed by atoms with Crippen LogP contribution in [0.2, 0.25) is 0 Å². The van der Waals surface area contributed by atoms with Crippen LogP contribution in [0.15, 0.2) is 18.2 Å². The predicted octanol–water partition coefficient (Wildman–Crippen LogP) is 8.82. The summed E-state index contributed by atoms with van der Waals surface area (Å²) in [7, 11) is 0. The quantitative estimate of drug-likeness (QED) is 0.376. The summed E-state index contributed by atoms with van der Waals surface area (Å²) in [5.74, 6) is 2.39. The lowest BCUT2D eigenvalue weighted by Crippen LogP contribution is -2.09. The predicted molar refractivity (Wildman–Crippen MR) is 123 cm³/mol. The molecule has 0 atom stereocenters. The molecule has 0 aliphatic heterocycles. The normalized spacial score (nSPS) is 20.2. The van der Waals surface area contributed by atoms with Crippen molar-refractivity contribution in [3.8, 4) is 0 Å². The van der Waals surface area contributed by atoms with Crippen LogP contribution in [0.25, 0.3) is 0 Å². The third-order valence-electron chi connectivity index (χ3n) is 4.99. The van der Waals surface area contributed by atoms with Crippen molar-refractivity contribution in [1.29, 1.82) is 0 Å². The van der Waals surface area contributed by atoms with Gasteiger partial charge in [-0.2, -0.15) is 0 Å². The fourth-order valence-corrected chi connectivity index (χ4v) is 11.2. The first-order chi connectivity index (χ1) is 12.3. The second kappa shape index (κ2) is 11.2. The second-order valence-corrected chi connectivity index (χ2v) is 13.7. The molecule has 0 unspecified atom stereocenters. The highest BCUT2D eigenvalue weighted by atomic mass is 32.2. The van der Waals surface area contributed by atoms with E-state index in [4.69, 9.17) is 0 Å². The van der Waals surface area contributed by atoms with Gasteiger partial charge in [0, 0.05) is 20.3 Å². The molecule has 3 rings (SSSR count). The maximum atomic E-state index is 2.31. The molecule has 0 bridgehead atoms. The van der Waals surface area contributed by atoms with Crippen molar-refractivity contribution >= 4 is 58.4 Å². The summed E-state index contributed by atoms with van der Waals surface area (Å²) in [5.41, 5.74) is 0. The lowest BCUT2D eigenvalue weighted by molar-refractivity contribution is 0.514. The molecule has 0 amide bonds. The van der Waals surface area contributed by atoms with Gasteiger partial charge < -0.3 is 0 Å². The Kier molecular flexibility index (Phi) is 9.32. The molecule has 0 nitrogen and oxygen atoms in total. The monoisotopic (exact) mass is 432 g/mol. The number of thiophene rings is 1. The molecule has 2 fully saturated rings. The van der Waals surface area contributed by atoms with Crippen LogP contribution in [0.3, 0.4) is 0 Å². The average molecular weight is 433 g/mol. The van der Waals surface area contributed by atoms with Crippen LogP contribution in [0.1, 0.15) is 78.1 Å². The smallest absolute Gasteiger partial charge is 0.0758 e. The van der Waals surface area contributed by atoms with Crippen molar-refractivity contribution in [1.82, 2.24) is 0 Å². The van der Waals surface area contributed by atoms with E-state index in [9.17, 15) is 0 Å². The molecule has 5 heteroatoms. The van der Waals surface area contributed by atoms with Crippen molar-refractivity contribution in [2.24, 2.45) is 0 Å². The van der Waals surface area contributed by atoms with Gasteiger partial charge in [-0.25, -0.2) is 0 Å². The van der Waals surface area contributed by atoms with E-state index in [-0.39, 0.29) is 0 Å².